The van der Waals surface area contributed by atoms with E-state index in [4.69, 9.17) is 10.5 Å². The van der Waals surface area contributed by atoms with Crippen LogP contribution in [-0.2, 0) is 11.8 Å². The first kappa shape index (κ1) is 9.68. The van der Waals surface area contributed by atoms with Crippen molar-refractivity contribution in [2.75, 3.05) is 13.2 Å². The molecule has 1 saturated heterocycles. The lowest BCUT2D eigenvalue weighted by Crippen LogP contribution is -2.22. The summed E-state index contributed by atoms with van der Waals surface area (Å²) in [5.41, 5.74) is 8.26. The molecule has 0 aromatic carbocycles. The summed E-state index contributed by atoms with van der Waals surface area (Å²) in [7, 11) is 1.94. The molecule has 0 amide bonds. The van der Waals surface area contributed by atoms with Crippen LogP contribution >= 0.6 is 0 Å². The molecule has 0 spiro atoms. The van der Waals surface area contributed by atoms with Gasteiger partial charge in [-0.05, 0) is 19.4 Å². The van der Waals surface area contributed by atoms with E-state index in [0.29, 0.717) is 5.92 Å². The second-order valence-electron chi connectivity index (χ2n) is 3.98. The van der Waals surface area contributed by atoms with Crippen molar-refractivity contribution in [3.05, 3.63) is 17.5 Å². The molecule has 4 nitrogen and oxygen atoms in total. The molecule has 0 radical (unpaired) electrons. The summed E-state index contributed by atoms with van der Waals surface area (Å²) in [6.45, 7) is 3.65. The molecule has 0 aliphatic carbocycles. The van der Waals surface area contributed by atoms with Crippen molar-refractivity contribution >= 4 is 0 Å². The summed E-state index contributed by atoms with van der Waals surface area (Å²) < 4.78 is 7.19. The highest BCUT2D eigenvalue weighted by atomic mass is 16.5. The first-order valence-corrected chi connectivity index (χ1v) is 5.02. The van der Waals surface area contributed by atoms with Crippen LogP contribution in [-0.4, -0.2) is 23.0 Å². The van der Waals surface area contributed by atoms with E-state index in [-0.39, 0.29) is 6.04 Å². The van der Waals surface area contributed by atoms with E-state index >= 15 is 0 Å². The predicted octanol–water partition coefficient (Wildman–Crippen LogP) is 0.765. The second-order valence-corrected chi connectivity index (χ2v) is 3.98. The van der Waals surface area contributed by atoms with E-state index in [2.05, 4.69) is 11.2 Å². The van der Waals surface area contributed by atoms with Gasteiger partial charge in [-0.3, -0.25) is 4.68 Å². The molecule has 14 heavy (non-hydrogen) atoms. The van der Waals surface area contributed by atoms with Crippen LogP contribution in [0.25, 0.3) is 0 Å². The Balaban J connectivity index is 2.13. The predicted molar refractivity (Wildman–Crippen MR) is 53.8 cm³/mol. The molecular weight excluding hydrogens is 178 g/mol. The van der Waals surface area contributed by atoms with E-state index < -0.39 is 0 Å². The number of rotatable bonds is 2. The van der Waals surface area contributed by atoms with Gasteiger partial charge in [0.15, 0.2) is 0 Å². The SMILES string of the molecule is Cc1cc(C(N)C2CCOC2)nn1C. The third-order valence-electron chi connectivity index (χ3n) is 2.95. The molecule has 2 N–H and O–H groups in total. The maximum absolute atomic E-state index is 6.13. The van der Waals surface area contributed by atoms with E-state index in [9.17, 15) is 0 Å². The summed E-state index contributed by atoms with van der Waals surface area (Å²) in [6, 6.07) is 2.08. The maximum atomic E-state index is 6.13. The van der Waals surface area contributed by atoms with Crippen LogP contribution in [0.3, 0.4) is 0 Å². The third kappa shape index (κ3) is 1.67. The largest absolute Gasteiger partial charge is 0.381 e. The van der Waals surface area contributed by atoms with Gasteiger partial charge in [-0.2, -0.15) is 5.10 Å². The minimum absolute atomic E-state index is 0.0254. The van der Waals surface area contributed by atoms with Crippen molar-refractivity contribution in [1.82, 2.24) is 9.78 Å². The van der Waals surface area contributed by atoms with Crippen molar-refractivity contribution in [2.45, 2.75) is 19.4 Å². The Morgan fingerprint density at radius 2 is 2.50 bits per heavy atom. The van der Waals surface area contributed by atoms with Gasteiger partial charge in [0.05, 0.1) is 18.3 Å². The van der Waals surface area contributed by atoms with Crippen molar-refractivity contribution in [3.8, 4) is 0 Å². The molecular formula is C10H17N3O. The Hall–Kier alpha value is -0.870. The van der Waals surface area contributed by atoms with Gasteiger partial charge >= 0.3 is 0 Å². The monoisotopic (exact) mass is 195 g/mol. The second kappa shape index (κ2) is 3.71. The van der Waals surface area contributed by atoms with Crippen LogP contribution in [0, 0.1) is 12.8 Å². The third-order valence-corrected chi connectivity index (χ3v) is 2.95. The summed E-state index contributed by atoms with van der Waals surface area (Å²) >= 11 is 0. The van der Waals surface area contributed by atoms with Gasteiger partial charge in [-0.1, -0.05) is 0 Å². The molecule has 1 aromatic rings. The molecule has 0 bridgehead atoms. The maximum Gasteiger partial charge on any atom is 0.0798 e. The Morgan fingerprint density at radius 1 is 1.71 bits per heavy atom. The molecule has 78 valence electrons. The lowest BCUT2D eigenvalue weighted by molar-refractivity contribution is 0.180. The van der Waals surface area contributed by atoms with Crippen LogP contribution in [0.2, 0.25) is 0 Å². The highest BCUT2D eigenvalue weighted by Crippen LogP contribution is 2.25. The zero-order valence-electron chi connectivity index (χ0n) is 8.73. The van der Waals surface area contributed by atoms with Crippen LogP contribution in [0.15, 0.2) is 6.07 Å². The van der Waals surface area contributed by atoms with Crippen molar-refractivity contribution < 1.29 is 4.74 Å². The van der Waals surface area contributed by atoms with Crippen LogP contribution in [0.5, 0.6) is 0 Å². The lowest BCUT2D eigenvalue weighted by atomic mass is 9.97. The first-order chi connectivity index (χ1) is 6.68. The van der Waals surface area contributed by atoms with E-state index in [1.807, 2.05) is 18.7 Å². The van der Waals surface area contributed by atoms with Crippen molar-refractivity contribution in [2.24, 2.45) is 18.7 Å². The molecule has 1 aromatic heterocycles. The smallest absolute Gasteiger partial charge is 0.0798 e. The summed E-state index contributed by atoms with van der Waals surface area (Å²) in [4.78, 5) is 0. The molecule has 2 heterocycles. The van der Waals surface area contributed by atoms with Gasteiger partial charge in [-0.25, -0.2) is 0 Å². The number of aromatic nitrogens is 2. The van der Waals surface area contributed by atoms with Gasteiger partial charge in [0.25, 0.3) is 0 Å². The quantitative estimate of drug-likeness (QED) is 0.758. The first-order valence-electron chi connectivity index (χ1n) is 5.02. The fourth-order valence-corrected chi connectivity index (χ4v) is 1.83. The van der Waals surface area contributed by atoms with Gasteiger partial charge in [0.1, 0.15) is 0 Å². The summed E-state index contributed by atoms with van der Waals surface area (Å²) in [5, 5.41) is 4.39. The van der Waals surface area contributed by atoms with E-state index in [0.717, 1.165) is 31.0 Å². The Kier molecular flexibility index (Phi) is 2.56. The van der Waals surface area contributed by atoms with Crippen molar-refractivity contribution in [3.63, 3.8) is 0 Å². The summed E-state index contributed by atoms with van der Waals surface area (Å²) in [6.07, 6.45) is 1.05. The average molecular weight is 195 g/mol. The Morgan fingerprint density at radius 3 is 3.00 bits per heavy atom. The summed E-state index contributed by atoms with van der Waals surface area (Å²) in [5.74, 6) is 0.435. The molecule has 4 heteroatoms. The van der Waals surface area contributed by atoms with Crippen molar-refractivity contribution in [1.29, 1.82) is 0 Å². The normalized spacial score (nSPS) is 24.1. The number of aryl methyl sites for hydroxylation is 2. The highest BCUT2D eigenvalue weighted by molar-refractivity contribution is 5.13. The van der Waals surface area contributed by atoms with Gasteiger partial charge in [-0.15, -0.1) is 0 Å². The highest BCUT2D eigenvalue weighted by Gasteiger charge is 2.25. The zero-order chi connectivity index (χ0) is 10.1. The zero-order valence-corrected chi connectivity index (χ0v) is 8.73. The lowest BCUT2D eigenvalue weighted by Gasteiger charge is -2.14. The Labute approximate surface area is 84.0 Å². The molecule has 2 unspecified atom stereocenters. The minimum atomic E-state index is 0.0254. The molecule has 1 fully saturated rings. The Bertz CT molecular complexity index is 296. The topological polar surface area (TPSA) is 53.1 Å². The number of nitrogens with zero attached hydrogens (tertiary/aromatic N) is 2. The molecule has 2 rings (SSSR count). The van der Waals surface area contributed by atoms with E-state index in [1.165, 1.54) is 0 Å². The molecule has 0 saturated carbocycles. The molecule has 1 aliphatic heterocycles. The standard InChI is InChI=1S/C10H17N3O/c1-7-5-9(12-13(7)2)10(11)8-3-4-14-6-8/h5,8,10H,3-4,6,11H2,1-2H3. The number of ether oxygens (including phenoxy) is 1. The van der Waals surface area contributed by atoms with Crippen LogP contribution in [0.4, 0.5) is 0 Å². The fraction of sp³-hybridized carbons (Fsp3) is 0.700. The van der Waals surface area contributed by atoms with E-state index in [1.54, 1.807) is 0 Å². The molecule has 1 aliphatic rings. The number of hydrogen-bond acceptors (Lipinski definition) is 3. The average Bonchev–Trinajstić information content (AvgIpc) is 2.76. The molecule has 2 atom stereocenters. The minimum Gasteiger partial charge on any atom is -0.381 e. The van der Waals surface area contributed by atoms with Gasteiger partial charge < -0.3 is 10.5 Å². The van der Waals surface area contributed by atoms with Gasteiger partial charge in [0.2, 0.25) is 0 Å². The van der Waals surface area contributed by atoms with Crippen LogP contribution in [0.1, 0.15) is 23.9 Å². The number of nitrogens with two attached hydrogens (primary N) is 1. The van der Waals surface area contributed by atoms with Crippen LogP contribution < -0.4 is 5.73 Å². The van der Waals surface area contributed by atoms with Gasteiger partial charge in [0, 0.05) is 25.3 Å². The number of hydrogen-bond donors (Lipinski definition) is 1. The fourth-order valence-electron chi connectivity index (χ4n) is 1.83.